The number of hydrogen-bond donors (Lipinski definition) is 1. The van der Waals surface area contributed by atoms with Crippen molar-refractivity contribution in [2.45, 2.75) is 12.1 Å². The van der Waals surface area contributed by atoms with Gasteiger partial charge in [0.15, 0.2) is 5.65 Å². The first-order valence-electron chi connectivity index (χ1n) is 7.68. The highest BCUT2D eigenvalue weighted by Gasteiger charge is 2.13. The Bertz CT molecular complexity index is 1060. The maximum absolute atomic E-state index is 12.0. The number of thioether (sulfide) groups is 1. The molecule has 4 aromatic heterocycles. The van der Waals surface area contributed by atoms with Gasteiger partial charge in [-0.3, -0.25) is 15.1 Å². The summed E-state index contributed by atoms with van der Waals surface area (Å²) in [6, 6.07) is 9.10. The third-order valence-corrected chi connectivity index (χ3v) is 4.33. The van der Waals surface area contributed by atoms with Crippen molar-refractivity contribution in [3.63, 3.8) is 0 Å². The maximum Gasteiger partial charge on any atom is 0.237 e. The molecule has 130 valence electrons. The van der Waals surface area contributed by atoms with Crippen molar-refractivity contribution in [3.05, 3.63) is 48.4 Å². The molecule has 0 saturated heterocycles. The van der Waals surface area contributed by atoms with E-state index in [9.17, 15) is 4.79 Å². The van der Waals surface area contributed by atoms with E-state index in [0.29, 0.717) is 22.4 Å². The van der Waals surface area contributed by atoms with Gasteiger partial charge in [0.1, 0.15) is 0 Å². The number of rotatable bonds is 5. The number of hydrogen-bond acceptors (Lipinski definition) is 8. The highest BCUT2D eigenvalue weighted by molar-refractivity contribution is 7.99. The molecule has 4 rings (SSSR count). The number of aromatic nitrogens is 6. The standard InChI is InChI=1S/C16H13N7O2S/c1-10-7-15(25-22-10)18-14(24)9-26-16-20-19-13-5-4-12(21-23(13)16)11-3-2-6-17-8-11/h2-8H,9H2,1H3,(H,18,24). The molecule has 9 nitrogen and oxygen atoms in total. The zero-order valence-electron chi connectivity index (χ0n) is 13.7. The van der Waals surface area contributed by atoms with Crippen molar-refractivity contribution in [1.82, 2.24) is 30.0 Å². The van der Waals surface area contributed by atoms with E-state index in [4.69, 9.17) is 4.52 Å². The summed E-state index contributed by atoms with van der Waals surface area (Å²) in [7, 11) is 0. The van der Waals surface area contributed by atoms with Crippen LogP contribution < -0.4 is 5.32 Å². The van der Waals surface area contributed by atoms with E-state index in [2.05, 4.69) is 30.8 Å². The summed E-state index contributed by atoms with van der Waals surface area (Å²) in [6.07, 6.45) is 3.44. The van der Waals surface area contributed by atoms with Gasteiger partial charge in [-0.1, -0.05) is 16.9 Å². The van der Waals surface area contributed by atoms with E-state index in [1.165, 1.54) is 11.8 Å². The second-order valence-corrected chi connectivity index (χ2v) is 6.32. The minimum Gasteiger partial charge on any atom is -0.338 e. The second kappa shape index (κ2) is 6.92. The van der Waals surface area contributed by atoms with Crippen LogP contribution in [0, 0.1) is 6.92 Å². The van der Waals surface area contributed by atoms with Gasteiger partial charge in [0.2, 0.25) is 16.9 Å². The Morgan fingerprint density at radius 1 is 1.31 bits per heavy atom. The molecule has 10 heteroatoms. The molecule has 0 aromatic carbocycles. The third-order valence-electron chi connectivity index (χ3n) is 3.41. The van der Waals surface area contributed by atoms with Gasteiger partial charge in [0.05, 0.1) is 17.1 Å². The van der Waals surface area contributed by atoms with Gasteiger partial charge in [-0.2, -0.15) is 9.61 Å². The third kappa shape index (κ3) is 3.40. The van der Waals surface area contributed by atoms with Crippen LogP contribution in [0.25, 0.3) is 16.9 Å². The van der Waals surface area contributed by atoms with Crippen LogP contribution in [0.5, 0.6) is 0 Å². The molecule has 1 N–H and O–H groups in total. The van der Waals surface area contributed by atoms with Crippen molar-refractivity contribution in [2.75, 3.05) is 11.1 Å². The molecular weight excluding hydrogens is 354 g/mol. The van der Waals surface area contributed by atoms with Crippen LogP contribution in [0.15, 0.2) is 52.4 Å². The van der Waals surface area contributed by atoms with E-state index in [-0.39, 0.29) is 11.7 Å². The molecule has 0 aliphatic carbocycles. The predicted octanol–water partition coefficient (Wildman–Crippen LogP) is 2.21. The molecule has 0 atom stereocenters. The molecule has 0 radical (unpaired) electrons. The fraction of sp³-hybridized carbons (Fsp3) is 0.125. The van der Waals surface area contributed by atoms with Gasteiger partial charge in [0, 0.05) is 24.0 Å². The molecule has 4 aromatic rings. The molecule has 0 unspecified atom stereocenters. The van der Waals surface area contributed by atoms with Crippen LogP contribution in [-0.4, -0.2) is 41.6 Å². The number of pyridine rings is 1. The summed E-state index contributed by atoms with van der Waals surface area (Å²) in [6.45, 7) is 1.78. The molecule has 0 spiro atoms. The summed E-state index contributed by atoms with van der Waals surface area (Å²) in [4.78, 5) is 16.1. The highest BCUT2D eigenvalue weighted by Crippen LogP contribution is 2.20. The lowest BCUT2D eigenvalue weighted by atomic mass is 10.2. The SMILES string of the molecule is Cc1cc(NC(=O)CSc2nnc3ccc(-c4cccnc4)nn23)on1. The lowest BCUT2D eigenvalue weighted by molar-refractivity contribution is -0.113. The number of carbonyl (C=O) groups is 1. The van der Waals surface area contributed by atoms with Crippen molar-refractivity contribution in [2.24, 2.45) is 0 Å². The Balaban J connectivity index is 1.50. The second-order valence-electron chi connectivity index (χ2n) is 5.38. The smallest absolute Gasteiger partial charge is 0.237 e. The van der Waals surface area contributed by atoms with Crippen LogP contribution in [0.1, 0.15) is 5.69 Å². The first kappa shape index (κ1) is 16.2. The van der Waals surface area contributed by atoms with Crippen LogP contribution in [0.4, 0.5) is 5.88 Å². The summed E-state index contributed by atoms with van der Waals surface area (Å²) >= 11 is 1.23. The van der Waals surface area contributed by atoms with E-state index >= 15 is 0 Å². The highest BCUT2D eigenvalue weighted by atomic mass is 32.2. The van der Waals surface area contributed by atoms with E-state index in [1.54, 1.807) is 29.9 Å². The van der Waals surface area contributed by atoms with Crippen molar-refractivity contribution in [3.8, 4) is 11.3 Å². The summed E-state index contributed by atoms with van der Waals surface area (Å²) in [5, 5.41) is 19.6. The molecule has 4 heterocycles. The number of carbonyl (C=O) groups excluding carboxylic acids is 1. The fourth-order valence-electron chi connectivity index (χ4n) is 2.25. The van der Waals surface area contributed by atoms with Crippen molar-refractivity contribution >= 4 is 29.2 Å². The molecule has 0 saturated carbocycles. The number of nitrogens with one attached hydrogen (secondary N) is 1. The van der Waals surface area contributed by atoms with Crippen LogP contribution >= 0.6 is 11.8 Å². The Morgan fingerprint density at radius 2 is 2.23 bits per heavy atom. The number of nitrogens with zero attached hydrogens (tertiary/aromatic N) is 6. The lowest BCUT2D eigenvalue weighted by Crippen LogP contribution is -2.13. The van der Waals surface area contributed by atoms with Gasteiger partial charge < -0.3 is 4.52 Å². The Kier molecular flexibility index (Phi) is 4.32. The van der Waals surface area contributed by atoms with Crippen LogP contribution in [0.2, 0.25) is 0 Å². The molecular formula is C16H13N7O2S. The number of fused-ring (bicyclic) bond motifs is 1. The summed E-state index contributed by atoms with van der Waals surface area (Å²) < 4.78 is 6.57. The Morgan fingerprint density at radius 3 is 3.00 bits per heavy atom. The minimum atomic E-state index is -0.230. The van der Waals surface area contributed by atoms with E-state index in [0.717, 1.165) is 11.3 Å². The normalized spacial score (nSPS) is 11.0. The van der Waals surface area contributed by atoms with Crippen molar-refractivity contribution in [1.29, 1.82) is 0 Å². The van der Waals surface area contributed by atoms with Gasteiger partial charge in [-0.15, -0.1) is 10.2 Å². The molecule has 1 amide bonds. The number of amides is 1. The quantitative estimate of drug-likeness (QED) is 0.535. The summed E-state index contributed by atoms with van der Waals surface area (Å²) in [5.74, 6) is 0.224. The average Bonchev–Trinajstić information content (AvgIpc) is 3.26. The molecule has 0 bridgehead atoms. The molecule has 0 aliphatic heterocycles. The monoisotopic (exact) mass is 367 g/mol. The number of anilines is 1. The summed E-state index contributed by atoms with van der Waals surface area (Å²) in [5.41, 5.74) is 2.93. The van der Waals surface area contributed by atoms with Crippen LogP contribution in [-0.2, 0) is 4.79 Å². The zero-order valence-corrected chi connectivity index (χ0v) is 14.5. The largest absolute Gasteiger partial charge is 0.338 e. The number of aryl methyl sites for hydroxylation is 1. The molecule has 0 fully saturated rings. The first-order valence-corrected chi connectivity index (χ1v) is 8.66. The fourth-order valence-corrected chi connectivity index (χ4v) is 2.94. The molecule has 26 heavy (non-hydrogen) atoms. The average molecular weight is 367 g/mol. The minimum absolute atomic E-state index is 0.138. The lowest BCUT2D eigenvalue weighted by Gasteiger charge is -2.03. The topological polar surface area (TPSA) is 111 Å². The molecule has 0 aliphatic rings. The Labute approximate surface area is 151 Å². The maximum atomic E-state index is 12.0. The zero-order chi connectivity index (χ0) is 17.9. The predicted molar refractivity (Wildman–Crippen MR) is 94.6 cm³/mol. The Hall–Kier alpha value is -3.27. The first-order chi connectivity index (χ1) is 12.7. The van der Waals surface area contributed by atoms with E-state index < -0.39 is 0 Å². The van der Waals surface area contributed by atoms with Gasteiger partial charge in [-0.05, 0) is 31.2 Å². The van der Waals surface area contributed by atoms with Gasteiger partial charge in [0.25, 0.3) is 0 Å². The van der Waals surface area contributed by atoms with Crippen LogP contribution in [0.3, 0.4) is 0 Å². The van der Waals surface area contributed by atoms with Gasteiger partial charge in [-0.25, -0.2) is 0 Å². The van der Waals surface area contributed by atoms with Gasteiger partial charge >= 0.3 is 0 Å². The van der Waals surface area contributed by atoms with E-state index in [1.807, 2.05) is 24.3 Å². The van der Waals surface area contributed by atoms with Crippen molar-refractivity contribution < 1.29 is 9.32 Å².